The molecule has 0 bridgehead atoms. The van der Waals surface area contributed by atoms with Gasteiger partial charge in [0.05, 0.1) is 0 Å². The van der Waals surface area contributed by atoms with E-state index in [9.17, 15) is 4.79 Å². The lowest BCUT2D eigenvalue weighted by atomic mass is 10.0. The maximum Gasteiger partial charge on any atom is 0.167 e. The van der Waals surface area contributed by atoms with Gasteiger partial charge in [0, 0.05) is 12.0 Å². The van der Waals surface area contributed by atoms with Crippen LogP contribution in [0.4, 0.5) is 0 Å². The van der Waals surface area contributed by atoms with Crippen molar-refractivity contribution in [3.63, 3.8) is 0 Å². The second kappa shape index (κ2) is 6.64. The Kier molecular flexibility index (Phi) is 5.15. The Morgan fingerprint density at radius 2 is 1.94 bits per heavy atom. The van der Waals surface area contributed by atoms with E-state index >= 15 is 0 Å². The van der Waals surface area contributed by atoms with Crippen molar-refractivity contribution in [2.75, 3.05) is 0 Å². The minimum atomic E-state index is 0.117. The highest BCUT2D eigenvalue weighted by Gasteiger charge is 2.06. The van der Waals surface area contributed by atoms with Crippen LogP contribution in [0.1, 0.15) is 18.1 Å². The predicted octanol–water partition coefficient (Wildman–Crippen LogP) is 3.80. The van der Waals surface area contributed by atoms with Gasteiger partial charge in [-0.25, -0.2) is 0 Å². The maximum atomic E-state index is 12.0. The average molecular weight is 226 g/mol. The number of benzene rings is 1. The van der Waals surface area contributed by atoms with Crippen molar-refractivity contribution >= 4 is 5.78 Å². The largest absolute Gasteiger partial charge is 0.294 e. The molecule has 88 valence electrons. The Morgan fingerprint density at radius 3 is 2.47 bits per heavy atom. The van der Waals surface area contributed by atoms with Gasteiger partial charge in [-0.05, 0) is 19.4 Å². The van der Waals surface area contributed by atoms with Crippen LogP contribution in [0.2, 0.25) is 0 Å². The second-order valence-electron chi connectivity index (χ2n) is 3.94. The Morgan fingerprint density at radius 1 is 1.29 bits per heavy atom. The first-order chi connectivity index (χ1) is 8.17. The first-order valence-corrected chi connectivity index (χ1v) is 5.71. The summed E-state index contributed by atoms with van der Waals surface area (Å²) in [5.74, 6) is 0.117. The number of allylic oxidation sites excluding steroid dienone is 5. The van der Waals surface area contributed by atoms with Gasteiger partial charge in [0.25, 0.3) is 0 Å². The maximum absolute atomic E-state index is 12.0. The fourth-order valence-electron chi connectivity index (χ4n) is 1.54. The third-order valence-corrected chi connectivity index (χ3v) is 2.45. The van der Waals surface area contributed by atoms with E-state index in [0.29, 0.717) is 12.0 Å². The number of carbonyl (C=O) groups excluding carboxylic acids is 1. The summed E-state index contributed by atoms with van der Waals surface area (Å²) in [5.41, 5.74) is 2.94. The van der Waals surface area contributed by atoms with E-state index < -0.39 is 0 Å². The van der Waals surface area contributed by atoms with Crippen LogP contribution in [0.3, 0.4) is 0 Å². The molecule has 1 nitrogen and oxygen atoms in total. The van der Waals surface area contributed by atoms with Crippen LogP contribution >= 0.6 is 0 Å². The summed E-state index contributed by atoms with van der Waals surface area (Å²) in [6, 6.07) is 8.03. The average Bonchev–Trinajstić information content (AvgIpc) is 2.32. The zero-order valence-electron chi connectivity index (χ0n) is 10.4. The molecule has 0 aliphatic rings. The first-order valence-electron chi connectivity index (χ1n) is 5.71. The number of ketones is 1. The lowest BCUT2D eigenvalue weighted by Crippen LogP contribution is -2.04. The summed E-state index contributed by atoms with van der Waals surface area (Å²) in [5, 5.41) is 0. The molecular formula is C16H18O. The summed E-state index contributed by atoms with van der Waals surface area (Å²) in [6.07, 6.45) is 7.50. The summed E-state index contributed by atoms with van der Waals surface area (Å²) in [6.45, 7) is 7.56. The van der Waals surface area contributed by atoms with Gasteiger partial charge in [-0.1, -0.05) is 60.7 Å². The molecule has 0 saturated carbocycles. The molecule has 0 aromatic heterocycles. The Balaban J connectivity index is 2.80. The quantitative estimate of drug-likeness (QED) is 0.551. The van der Waals surface area contributed by atoms with E-state index in [1.54, 1.807) is 12.2 Å². The molecular weight excluding hydrogens is 208 g/mol. The van der Waals surface area contributed by atoms with Gasteiger partial charge in [0.2, 0.25) is 0 Å². The van der Waals surface area contributed by atoms with E-state index in [2.05, 4.69) is 6.58 Å². The molecule has 0 saturated heterocycles. The van der Waals surface area contributed by atoms with E-state index in [0.717, 1.165) is 5.56 Å². The number of hydrogen-bond acceptors (Lipinski definition) is 1. The lowest BCUT2D eigenvalue weighted by Gasteiger charge is -2.02. The molecule has 0 unspecified atom stereocenters. The van der Waals surface area contributed by atoms with Crippen molar-refractivity contribution in [1.82, 2.24) is 0 Å². The molecule has 0 heterocycles. The van der Waals surface area contributed by atoms with Gasteiger partial charge in [0.15, 0.2) is 5.78 Å². The van der Waals surface area contributed by atoms with E-state index in [-0.39, 0.29) is 5.78 Å². The molecule has 1 aromatic carbocycles. The van der Waals surface area contributed by atoms with Gasteiger partial charge in [0.1, 0.15) is 0 Å². The molecule has 1 heteroatoms. The predicted molar refractivity (Wildman–Crippen MR) is 73.0 cm³/mol. The van der Waals surface area contributed by atoms with Crippen molar-refractivity contribution in [3.8, 4) is 0 Å². The Hall–Kier alpha value is -1.89. The van der Waals surface area contributed by atoms with Crippen LogP contribution in [-0.2, 0) is 11.2 Å². The normalized spacial score (nSPS) is 11.8. The zero-order valence-corrected chi connectivity index (χ0v) is 10.4. The Bertz CT molecular complexity index is 447. The molecule has 17 heavy (non-hydrogen) atoms. The van der Waals surface area contributed by atoms with Crippen LogP contribution in [0.15, 0.2) is 60.7 Å². The number of Topliss-reactive ketones (excluding diaryl/α,β-unsaturated/α-hetero) is 1. The van der Waals surface area contributed by atoms with E-state index in [1.165, 1.54) is 5.56 Å². The molecule has 0 fully saturated rings. The fraction of sp³-hybridized carbons (Fsp3) is 0.188. The minimum Gasteiger partial charge on any atom is -0.294 e. The second-order valence-corrected chi connectivity index (χ2v) is 3.94. The standard InChI is InChI=1S/C16H18O/c1-4-6-15(7-5-2)16(17)12-14-10-8-13(3)9-11-14/h4-11H,1,12H2,2-3H3/b7-5-,15-6+. The van der Waals surface area contributed by atoms with Gasteiger partial charge in [-0.3, -0.25) is 4.79 Å². The van der Waals surface area contributed by atoms with Crippen molar-refractivity contribution in [3.05, 3.63) is 71.8 Å². The van der Waals surface area contributed by atoms with Crippen LogP contribution in [0.5, 0.6) is 0 Å². The molecule has 0 spiro atoms. The smallest absolute Gasteiger partial charge is 0.167 e. The monoisotopic (exact) mass is 226 g/mol. The van der Waals surface area contributed by atoms with Gasteiger partial charge >= 0.3 is 0 Å². The SMILES string of the molecule is C=C/C=C(\C=C/C)C(=O)Cc1ccc(C)cc1. The fourth-order valence-corrected chi connectivity index (χ4v) is 1.54. The highest BCUT2D eigenvalue weighted by Crippen LogP contribution is 2.09. The van der Waals surface area contributed by atoms with Crippen LogP contribution in [0.25, 0.3) is 0 Å². The molecule has 0 atom stereocenters. The first kappa shape index (κ1) is 13.2. The lowest BCUT2D eigenvalue weighted by molar-refractivity contribution is -0.114. The van der Waals surface area contributed by atoms with Crippen molar-refractivity contribution in [1.29, 1.82) is 0 Å². The number of hydrogen-bond donors (Lipinski definition) is 0. The molecule has 1 aromatic rings. The topological polar surface area (TPSA) is 17.1 Å². The van der Waals surface area contributed by atoms with E-state index in [4.69, 9.17) is 0 Å². The van der Waals surface area contributed by atoms with Crippen LogP contribution < -0.4 is 0 Å². The Labute approximate surface area is 103 Å². The van der Waals surface area contributed by atoms with Gasteiger partial charge < -0.3 is 0 Å². The molecule has 0 N–H and O–H groups in total. The number of aryl methyl sites for hydroxylation is 1. The zero-order chi connectivity index (χ0) is 12.7. The van der Waals surface area contributed by atoms with Crippen LogP contribution in [0, 0.1) is 6.92 Å². The third kappa shape index (κ3) is 4.23. The molecule has 1 rings (SSSR count). The molecule has 0 radical (unpaired) electrons. The summed E-state index contributed by atoms with van der Waals surface area (Å²) in [4.78, 5) is 12.0. The van der Waals surface area contributed by atoms with Crippen LogP contribution in [-0.4, -0.2) is 5.78 Å². The molecule has 0 aliphatic heterocycles. The van der Waals surface area contributed by atoms with Crippen molar-refractivity contribution < 1.29 is 4.79 Å². The number of rotatable bonds is 5. The summed E-state index contributed by atoms with van der Waals surface area (Å²) >= 11 is 0. The highest BCUT2D eigenvalue weighted by atomic mass is 16.1. The summed E-state index contributed by atoms with van der Waals surface area (Å²) < 4.78 is 0. The number of carbonyl (C=O) groups is 1. The minimum absolute atomic E-state index is 0.117. The third-order valence-electron chi connectivity index (χ3n) is 2.45. The molecule has 0 amide bonds. The van der Waals surface area contributed by atoms with Gasteiger partial charge in [-0.2, -0.15) is 0 Å². The van der Waals surface area contributed by atoms with E-state index in [1.807, 2.05) is 50.3 Å². The highest BCUT2D eigenvalue weighted by molar-refractivity contribution is 5.99. The summed E-state index contributed by atoms with van der Waals surface area (Å²) in [7, 11) is 0. The molecule has 0 aliphatic carbocycles. The van der Waals surface area contributed by atoms with Gasteiger partial charge in [-0.15, -0.1) is 0 Å². The van der Waals surface area contributed by atoms with Crippen molar-refractivity contribution in [2.24, 2.45) is 0 Å². The van der Waals surface area contributed by atoms with Crippen molar-refractivity contribution in [2.45, 2.75) is 20.3 Å².